The van der Waals surface area contributed by atoms with Gasteiger partial charge in [0.2, 0.25) is 0 Å². The zero-order chi connectivity index (χ0) is 13.1. The lowest BCUT2D eigenvalue weighted by molar-refractivity contribution is 0.928. The van der Waals surface area contributed by atoms with E-state index >= 15 is 0 Å². The molecule has 0 spiro atoms. The van der Waals surface area contributed by atoms with E-state index in [-0.39, 0.29) is 0 Å². The van der Waals surface area contributed by atoms with Crippen molar-refractivity contribution in [3.63, 3.8) is 0 Å². The average molecular weight is 240 g/mol. The molecule has 0 aliphatic heterocycles. The molecule has 2 heteroatoms. The summed E-state index contributed by atoms with van der Waals surface area (Å²) in [7, 11) is 0. The molecule has 0 N–H and O–H groups in total. The Morgan fingerprint density at radius 1 is 0.611 bits per heavy atom. The molecule has 0 radical (unpaired) electrons. The second-order valence-electron chi connectivity index (χ2n) is 5.02. The Morgan fingerprint density at radius 3 is 1.17 bits per heavy atom. The van der Waals surface area contributed by atoms with Crippen molar-refractivity contribution in [1.82, 2.24) is 9.97 Å². The molecule has 2 nitrogen and oxygen atoms in total. The summed E-state index contributed by atoms with van der Waals surface area (Å²) in [5, 5.41) is 0. The minimum Gasteiger partial charge on any atom is -0.258 e. The van der Waals surface area contributed by atoms with Gasteiger partial charge in [-0.1, -0.05) is 0 Å². The van der Waals surface area contributed by atoms with E-state index in [1.807, 2.05) is 0 Å². The first-order valence-electron chi connectivity index (χ1n) is 6.41. The second-order valence-corrected chi connectivity index (χ2v) is 5.02. The van der Waals surface area contributed by atoms with Gasteiger partial charge in [0.1, 0.15) is 0 Å². The maximum atomic E-state index is 4.41. The van der Waals surface area contributed by atoms with Gasteiger partial charge in [0.05, 0.1) is 0 Å². The number of pyridine rings is 2. The van der Waals surface area contributed by atoms with Crippen LogP contribution in [0.15, 0.2) is 24.3 Å². The Balaban J connectivity index is 2.11. The maximum absolute atomic E-state index is 4.41. The lowest BCUT2D eigenvalue weighted by atomic mass is 10.0. The molecule has 0 fully saturated rings. The van der Waals surface area contributed by atoms with Gasteiger partial charge in [0.15, 0.2) is 0 Å². The van der Waals surface area contributed by atoms with E-state index in [0.717, 1.165) is 35.6 Å². The molecule has 0 bridgehead atoms. The normalized spacial score (nSPS) is 10.7. The molecule has 18 heavy (non-hydrogen) atoms. The zero-order valence-electron chi connectivity index (χ0n) is 11.6. The minimum atomic E-state index is 1.06. The van der Waals surface area contributed by atoms with Crippen LogP contribution >= 0.6 is 0 Å². The van der Waals surface area contributed by atoms with Crippen molar-refractivity contribution in [2.75, 3.05) is 0 Å². The van der Waals surface area contributed by atoms with Crippen molar-refractivity contribution in [2.24, 2.45) is 0 Å². The SMILES string of the molecule is Cc1cc(CCc2cc(C)nc(C)c2)cc(C)n1. The summed E-state index contributed by atoms with van der Waals surface area (Å²) in [6.07, 6.45) is 2.13. The molecule has 2 aromatic heterocycles. The van der Waals surface area contributed by atoms with Crippen LogP contribution in [-0.4, -0.2) is 9.97 Å². The van der Waals surface area contributed by atoms with E-state index in [9.17, 15) is 0 Å². The quantitative estimate of drug-likeness (QED) is 0.820. The van der Waals surface area contributed by atoms with Crippen molar-refractivity contribution in [3.05, 3.63) is 58.2 Å². The first kappa shape index (κ1) is 12.7. The first-order valence-corrected chi connectivity index (χ1v) is 6.41. The van der Waals surface area contributed by atoms with Crippen LogP contribution in [0.1, 0.15) is 33.9 Å². The molecule has 94 valence electrons. The summed E-state index contributed by atoms with van der Waals surface area (Å²) in [5.41, 5.74) is 7.15. The third-order valence-corrected chi connectivity index (χ3v) is 2.98. The van der Waals surface area contributed by atoms with Crippen LogP contribution in [0.2, 0.25) is 0 Å². The largest absolute Gasteiger partial charge is 0.258 e. The summed E-state index contributed by atoms with van der Waals surface area (Å²) in [5.74, 6) is 0. The Morgan fingerprint density at radius 2 is 0.889 bits per heavy atom. The van der Waals surface area contributed by atoms with Gasteiger partial charge in [0, 0.05) is 22.8 Å². The van der Waals surface area contributed by atoms with E-state index < -0.39 is 0 Å². The fourth-order valence-electron chi connectivity index (χ4n) is 2.42. The Hall–Kier alpha value is -1.70. The van der Waals surface area contributed by atoms with Gasteiger partial charge in [-0.25, -0.2) is 0 Å². The lowest BCUT2D eigenvalue weighted by Gasteiger charge is -2.06. The van der Waals surface area contributed by atoms with E-state index in [4.69, 9.17) is 0 Å². The third-order valence-electron chi connectivity index (χ3n) is 2.98. The molecule has 0 amide bonds. The van der Waals surface area contributed by atoms with Crippen LogP contribution in [0, 0.1) is 27.7 Å². The molecular formula is C16H20N2. The van der Waals surface area contributed by atoms with Gasteiger partial charge >= 0.3 is 0 Å². The van der Waals surface area contributed by atoms with Gasteiger partial charge < -0.3 is 0 Å². The molecular weight excluding hydrogens is 220 g/mol. The highest BCUT2D eigenvalue weighted by molar-refractivity contribution is 5.24. The summed E-state index contributed by atoms with van der Waals surface area (Å²) < 4.78 is 0. The van der Waals surface area contributed by atoms with E-state index in [2.05, 4.69) is 61.9 Å². The van der Waals surface area contributed by atoms with Crippen LogP contribution in [0.3, 0.4) is 0 Å². The highest BCUT2D eigenvalue weighted by atomic mass is 14.7. The second kappa shape index (κ2) is 5.30. The molecule has 0 saturated carbocycles. The summed E-state index contributed by atoms with van der Waals surface area (Å²) in [6, 6.07) is 8.70. The van der Waals surface area contributed by atoms with E-state index in [1.165, 1.54) is 11.1 Å². The van der Waals surface area contributed by atoms with Crippen molar-refractivity contribution in [1.29, 1.82) is 0 Å². The minimum absolute atomic E-state index is 1.06. The van der Waals surface area contributed by atoms with E-state index in [1.54, 1.807) is 0 Å². The van der Waals surface area contributed by atoms with Gasteiger partial charge in [-0.3, -0.25) is 9.97 Å². The molecule has 2 heterocycles. The fourth-order valence-corrected chi connectivity index (χ4v) is 2.42. The van der Waals surface area contributed by atoms with Crippen LogP contribution in [0.5, 0.6) is 0 Å². The van der Waals surface area contributed by atoms with E-state index in [0.29, 0.717) is 0 Å². The predicted octanol–water partition coefficient (Wildman–Crippen LogP) is 3.50. The Bertz CT molecular complexity index is 467. The van der Waals surface area contributed by atoms with Crippen molar-refractivity contribution in [3.8, 4) is 0 Å². The van der Waals surface area contributed by atoms with Crippen molar-refractivity contribution >= 4 is 0 Å². The molecule has 2 aromatic rings. The van der Waals surface area contributed by atoms with Crippen molar-refractivity contribution in [2.45, 2.75) is 40.5 Å². The first-order chi connectivity index (χ1) is 8.52. The third kappa shape index (κ3) is 3.39. The number of aromatic nitrogens is 2. The molecule has 2 rings (SSSR count). The van der Waals surface area contributed by atoms with Crippen LogP contribution in [-0.2, 0) is 12.8 Å². The fraction of sp³-hybridized carbons (Fsp3) is 0.375. The van der Waals surface area contributed by atoms with Crippen LogP contribution in [0.4, 0.5) is 0 Å². The monoisotopic (exact) mass is 240 g/mol. The number of hydrogen-bond acceptors (Lipinski definition) is 2. The van der Waals surface area contributed by atoms with Gasteiger partial charge in [-0.05, 0) is 75.9 Å². The lowest BCUT2D eigenvalue weighted by Crippen LogP contribution is -1.97. The molecule has 0 atom stereocenters. The predicted molar refractivity (Wildman–Crippen MR) is 74.8 cm³/mol. The highest BCUT2D eigenvalue weighted by Crippen LogP contribution is 2.11. The topological polar surface area (TPSA) is 25.8 Å². The summed E-state index contributed by atoms with van der Waals surface area (Å²) in [4.78, 5) is 8.81. The zero-order valence-corrected chi connectivity index (χ0v) is 11.6. The van der Waals surface area contributed by atoms with Crippen molar-refractivity contribution < 1.29 is 0 Å². The molecule has 0 aliphatic rings. The van der Waals surface area contributed by atoms with Crippen LogP contribution in [0.25, 0.3) is 0 Å². The maximum Gasteiger partial charge on any atom is 0.0378 e. The Kier molecular flexibility index (Phi) is 3.75. The number of nitrogens with zero attached hydrogens (tertiary/aromatic N) is 2. The standard InChI is InChI=1S/C16H20N2/c1-11-7-15(8-12(2)17-11)5-6-16-9-13(3)18-14(4)10-16/h7-10H,5-6H2,1-4H3. The molecule has 0 saturated heterocycles. The molecule has 0 unspecified atom stereocenters. The summed E-state index contributed by atoms with van der Waals surface area (Å²) >= 11 is 0. The smallest absolute Gasteiger partial charge is 0.0378 e. The number of hydrogen-bond donors (Lipinski definition) is 0. The molecule has 0 aliphatic carbocycles. The van der Waals surface area contributed by atoms with Gasteiger partial charge in [-0.15, -0.1) is 0 Å². The highest BCUT2D eigenvalue weighted by Gasteiger charge is 2.01. The number of rotatable bonds is 3. The Labute approximate surface area is 109 Å². The van der Waals surface area contributed by atoms with Gasteiger partial charge in [-0.2, -0.15) is 0 Å². The summed E-state index contributed by atoms with van der Waals surface area (Å²) in [6.45, 7) is 8.21. The average Bonchev–Trinajstić information content (AvgIpc) is 2.23. The van der Waals surface area contributed by atoms with Crippen LogP contribution < -0.4 is 0 Å². The number of aryl methyl sites for hydroxylation is 6. The molecule has 0 aromatic carbocycles. The van der Waals surface area contributed by atoms with Gasteiger partial charge in [0.25, 0.3) is 0 Å².